The fourth-order valence-corrected chi connectivity index (χ4v) is 1.43. The fraction of sp³-hybridized carbons (Fsp3) is 0.778. The minimum absolute atomic E-state index is 0.0937. The van der Waals surface area contributed by atoms with E-state index < -0.39 is 0 Å². The third kappa shape index (κ3) is 1.63. The lowest BCUT2D eigenvalue weighted by Gasteiger charge is -2.26. The second-order valence-corrected chi connectivity index (χ2v) is 3.73. The first-order valence-electron chi connectivity index (χ1n) is 3.98. The van der Waals surface area contributed by atoms with E-state index in [0.717, 1.165) is 12.8 Å². The number of ether oxygens (including phenoxy) is 1. The van der Waals surface area contributed by atoms with Gasteiger partial charge in [-0.3, -0.25) is 0 Å². The minimum Gasteiger partial charge on any atom is -0.393 e. The Morgan fingerprint density at radius 1 is 1.55 bits per heavy atom. The molecular weight excluding hydrogens is 140 g/mol. The molecule has 0 aromatic heterocycles. The smallest absolute Gasteiger partial charge is 0.0897 e. The summed E-state index contributed by atoms with van der Waals surface area (Å²) >= 11 is 0. The molecule has 0 saturated carbocycles. The van der Waals surface area contributed by atoms with E-state index in [1.807, 2.05) is 19.9 Å². The molecule has 2 nitrogen and oxygen atoms in total. The zero-order valence-corrected chi connectivity index (χ0v) is 7.26. The van der Waals surface area contributed by atoms with Crippen molar-refractivity contribution in [2.75, 3.05) is 6.61 Å². The first-order chi connectivity index (χ1) is 5.04. The van der Waals surface area contributed by atoms with Crippen LogP contribution in [0, 0.1) is 0 Å². The Kier molecular flexibility index (Phi) is 2.08. The molecule has 1 aliphatic rings. The summed E-state index contributed by atoms with van der Waals surface area (Å²) in [5.74, 6) is 0. The third-order valence-electron chi connectivity index (χ3n) is 2.40. The lowest BCUT2D eigenvalue weighted by molar-refractivity contribution is -0.0857. The van der Waals surface area contributed by atoms with Crippen molar-refractivity contribution >= 4 is 0 Å². The van der Waals surface area contributed by atoms with Crippen LogP contribution >= 0.6 is 0 Å². The van der Waals surface area contributed by atoms with Crippen molar-refractivity contribution in [3.63, 3.8) is 0 Å². The zero-order chi connectivity index (χ0) is 8.54. The van der Waals surface area contributed by atoms with Gasteiger partial charge in [-0.1, -0.05) is 6.08 Å². The molecule has 11 heavy (non-hydrogen) atoms. The molecule has 1 fully saturated rings. The van der Waals surface area contributed by atoms with Gasteiger partial charge in [-0.05, 0) is 26.7 Å². The maximum absolute atomic E-state index is 8.99. The maximum atomic E-state index is 8.99. The van der Waals surface area contributed by atoms with E-state index in [9.17, 15) is 0 Å². The Morgan fingerprint density at radius 3 is 2.45 bits per heavy atom. The molecule has 0 aromatic carbocycles. The molecular formula is C9H16O2. The standard InChI is InChI=1S/C9H16O2/c1-4-8(2)5-6-9(3,7-10)11-8/h4,10H,1,5-7H2,2-3H3. The second kappa shape index (κ2) is 2.61. The first kappa shape index (κ1) is 8.75. The molecule has 2 heteroatoms. The van der Waals surface area contributed by atoms with Crippen LogP contribution in [0.25, 0.3) is 0 Å². The Hall–Kier alpha value is -0.340. The van der Waals surface area contributed by atoms with Gasteiger partial charge in [0.2, 0.25) is 0 Å². The summed E-state index contributed by atoms with van der Waals surface area (Å²) in [6.45, 7) is 7.73. The zero-order valence-electron chi connectivity index (χ0n) is 7.26. The third-order valence-corrected chi connectivity index (χ3v) is 2.40. The molecule has 2 unspecified atom stereocenters. The lowest BCUT2D eigenvalue weighted by atomic mass is 9.99. The van der Waals surface area contributed by atoms with Crippen molar-refractivity contribution in [3.8, 4) is 0 Å². The molecule has 1 saturated heterocycles. The highest BCUT2D eigenvalue weighted by molar-refractivity contribution is 5.02. The molecule has 0 radical (unpaired) electrons. The summed E-state index contributed by atoms with van der Waals surface area (Å²) in [4.78, 5) is 0. The van der Waals surface area contributed by atoms with Gasteiger partial charge in [0, 0.05) is 0 Å². The van der Waals surface area contributed by atoms with Gasteiger partial charge in [0.1, 0.15) is 0 Å². The largest absolute Gasteiger partial charge is 0.393 e. The molecule has 1 N–H and O–H groups in total. The van der Waals surface area contributed by atoms with E-state index in [1.54, 1.807) is 0 Å². The lowest BCUT2D eigenvalue weighted by Crippen LogP contribution is -2.32. The normalized spacial score (nSPS) is 44.3. The summed E-state index contributed by atoms with van der Waals surface area (Å²) in [6, 6.07) is 0. The Bertz CT molecular complexity index is 167. The number of hydrogen-bond donors (Lipinski definition) is 1. The van der Waals surface area contributed by atoms with E-state index in [0.29, 0.717) is 0 Å². The second-order valence-electron chi connectivity index (χ2n) is 3.73. The van der Waals surface area contributed by atoms with Crippen LogP contribution in [-0.4, -0.2) is 22.9 Å². The highest BCUT2D eigenvalue weighted by Gasteiger charge is 2.41. The molecule has 0 aliphatic carbocycles. The van der Waals surface area contributed by atoms with Crippen molar-refractivity contribution in [2.24, 2.45) is 0 Å². The Labute approximate surface area is 67.9 Å². The van der Waals surface area contributed by atoms with Gasteiger partial charge >= 0.3 is 0 Å². The van der Waals surface area contributed by atoms with E-state index in [2.05, 4.69) is 6.58 Å². The summed E-state index contributed by atoms with van der Waals surface area (Å²) < 4.78 is 5.67. The van der Waals surface area contributed by atoms with Crippen LogP contribution < -0.4 is 0 Å². The van der Waals surface area contributed by atoms with Gasteiger partial charge < -0.3 is 9.84 Å². The number of hydrogen-bond acceptors (Lipinski definition) is 2. The highest BCUT2D eigenvalue weighted by atomic mass is 16.5. The maximum Gasteiger partial charge on any atom is 0.0897 e. The van der Waals surface area contributed by atoms with Crippen LogP contribution in [0.1, 0.15) is 26.7 Å². The fourth-order valence-electron chi connectivity index (χ4n) is 1.43. The molecule has 1 heterocycles. The van der Waals surface area contributed by atoms with Crippen molar-refractivity contribution in [2.45, 2.75) is 37.9 Å². The van der Waals surface area contributed by atoms with Crippen molar-refractivity contribution in [1.29, 1.82) is 0 Å². The summed E-state index contributed by atoms with van der Waals surface area (Å²) in [5, 5.41) is 8.99. The van der Waals surface area contributed by atoms with E-state index in [4.69, 9.17) is 9.84 Å². The van der Waals surface area contributed by atoms with Crippen molar-refractivity contribution < 1.29 is 9.84 Å². The average molecular weight is 156 g/mol. The molecule has 0 spiro atoms. The van der Waals surface area contributed by atoms with Gasteiger partial charge in [0.15, 0.2) is 0 Å². The van der Waals surface area contributed by atoms with Crippen LogP contribution in [0.3, 0.4) is 0 Å². The average Bonchev–Trinajstić information content (AvgIpc) is 2.30. The SMILES string of the molecule is C=CC1(C)CCC(C)(CO)O1. The molecule has 0 amide bonds. The van der Waals surface area contributed by atoms with E-state index in [1.165, 1.54) is 0 Å². The monoisotopic (exact) mass is 156 g/mol. The van der Waals surface area contributed by atoms with Crippen LogP contribution in [0.2, 0.25) is 0 Å². The van der Waals surface area contributed by atoms with Gasteiger partial charge in [-0.25, -0.2) is 0 Å². The van der Waals surface area contributed by atoms with Crippen molar-refractivity contribution in [1.82, 2.24) is 0 Å². The molecule has 1 aliphatic heterocycles. The Balaban J connectivity index is 2.66. The van der Waals surface area contributed by atoms with Gasteiger partial charge in [-0.2, -0.15) is 0 Å². The van der Waals surface area contributed by atoms with E-state index in [-0.39, 0.29) is 17.8 Å². The molecule has 0 bridgehead atoms. The highest BCUT2D eigenvalue weighted by Crippen LogP contribution is 2.37. The molecule has 0 aromatic rings. The van der Waals surface area contributed by atoms with Gasteiger partial charge in [0.05, 0.1) is 17.8 Å². The number of rotatable bonds is 2. The molecule has 1 rings (SSSR count). The Morgan fingerprint density at radius 2 is 2.18 bits per heavy atom. The number of aliphatic hydroxyl groups excluding tert-OH is 1. The van der Waals surface area contributed by atoms with Crippen LogP contribution in [-0.2, 0) is 4.74 Å². The van der Waals surface area contributed by atoms with Crippen molar-refractivity contribution in [3.05, 3.63) is 12.7 Å². The van der Waals surface area contributed by atoms with Gasteiger partial charge in [-0.15, -0.1) is 6.58 Å². The summed E-state index contributed by atoms with van der Waals surface area (Å²) in [7, 11) is 0. The topological polar surface area (TPSA) is 29.5 Å². The summed E-state index contributed by atoms with van der Waals surface area (Å²) in [6.07, 6.45) is 3.67. The predicted octanol–water partition coefficient (Wildman–Crippen LogP) is 1.49. The van der Waals surface area contributed by atoms with Gasteiger partial charge in [0.25, 0.3) is 0 Å². The van der Waals surface area contributed by atoms with E-state index >= 15 is 0 Å². The molecule has 2 atom stereocenters. The van der Waals surface area contributed by atoms with Crippen LogP contribution in [0.4, 0.5) is 0 Å². The van der Waals surface area contributed by atoms with Crippen LogP contribution in [0.15, 0.2) is 12.7 Å². The summed E-state index contributed by atoms with van der Waals surface area (Å²) in [5.41, 5.74) is -0.569. The number of aliphatic hydroxyl groups is 1. The van der Waals surface area contributed by atoms with Crippen LogP contribution in [0.5, 0.6) is 0 Å². The quantitative estimate of drug-likeness (QED) is 0.614. The predicted molar refractivity (Wildman–Crippen MR) is 44.4 cm³/mol. The first-order valence-corrected chi connectivity index (χ1v) is 3.98. The minimum atomic E-state index is -0.344. The molecule has 64 valence electrons.